The molecule has 0 aromatic heterocycles. The number of alkyl halides is 3. The standard InChI is InChI=1S/C30H38F3N3O4S/c31-30(32,33)23-8-6-10-25(19-23)41(38,39)36-16-7-9-24(36)20-29(37)34-27-13-17-40-28-18-22(11-12-26(27)28)21-35-14-4-2-1-3-5-15-35/h6,8,10-12,18-19,24,27H,1-5,7,9,13-17,20-21H2,(H,34,37). The lowest BCUT2D eigenvalue weighted by molar-refractivity contribution is -0.137. The maximum atomic E-state index is 13.3. The van der Waals surface area contributed by atoms with Gasteiger partial charge in [-0.3, -0.25) is 9.69 Å². The molecule has 0 spiro atoms. The Morgan fingerprint density at radius 2 is 1.71 bits per heavy atom. The Morgan fingerprint density at radius 3 is 2.46 bits per heavy atom. The maximum absolute atomic E-state index is 13.3. The third-order valence-corrected chi connectivity index (χ3v) is 10.3. The van der Waals surface area contributed by atoms with E-state index in [0.29, 0.717) is 31.9 Å². The average Bonchev–Trinajstić information content (AvgIpc) is 3.38. The molecule has 3 heterocycles. The van der Waals surface area contributed by atoms with Crippen molar-refractivity contribution in [2.24, 2.45) is 0 Å². The molecule has 3 aliphatic heterocycles. The molecule has 7 nitrogen and oxygen atoms in total. The molecular formula is C30H38F3N3O4S. The molecule has 2 aromatic carbocycles. The number of fused-ring (bicyclic) bond motifs is 1. The molecule has 1 amide bonds. The number of hydrogen-bond donors (Lipinski definition) is 1. The van der Waals surface area contributed by atoms with Crippen LogP contribution in [0.2, 0.25) is 0 Å². The van der Waals surface area contributed by atoms with Gasteiger partial charge in [-0.2, -0.15) is 17.5 Å². The highest BCUT2D eigenvalue weighted by Crippen LogP contribution is 2.35. The number of halogens is 3. The predicted octanol–water partition coefficient (Wildman–Crippen LogP) is 5.65. The smallest absolute Gasteiger partial charge is 0.416 e. The van der Waals surface area contributed by atoms with Crippen molar-refractivity contribution >= 4 is 15.9 Å². The maximum Gasteiger partial charge on any atom is 0.416 e. The number of benzene rings is 2. The number of carbonyl (C=O) groups is 1. The van der Waals surface area contributed by atoms with E-state index >= 15 is 0 Å². The van der Waals surface area contributed by atoms with E-state index in [2.05, 4.69) is 22.3 Å². The van der Waals surface area contributed by atoms with Gasteiger partial charge in [0.1, 0.15) is 5.75 Å². The Labute approximate surface area is 240 Å². The first-order valence-electron chi connectivity index (χ1n) is 14.6. The molecule has 3 aliphatic rings. The molecule has 0 saturated carbocycles. The van der Waals surface area contributed by atoms with Crippen LogP contribution in [0.15, 0.2) is 47.4 Å². The van der Waals surface area contributed by atoms with Crippen LogP contribution in [0.5, 0.6) is 5.75 Å². The minimum absolute atomic E-state index is 0.0576. The first-order chi connectivity index (χ1) is 19.6. The fourth-order valence-electron chi connectivity index (χ4n) is 6.18. The number of rotatable bonds is 7. The van der Waals surface area contributed by atoms with Gasteiger partial charge in [0.25, 0.3) is 0 Å². The summed E-state index contributed by atoms with van der Waals surface area (Å²) in [5.74, 6) is 0.476. The van der Waals surface area contributed by atoms with Gasteiger partial charge in [-0.15, -0.1) is 0 Å². The number of nitrogens with zero attached hydrogens (tertiary/aromatic N) is 2. The van der Waals surface area contributed by atoms with E-state index in [0.717, 1.165) is 43.1 Å². The Hall–Kier alpha value is -2.63. The quantitative estimate of drug-likeness (QED) is 0.449. The molecule has 224 valence electrons. The Morgan fingerprint density at radius 1 is 0.951 bits per heavy atom. The van der Waals surface area contributed by atoms with Gasteiger partial charge in [0.2, 0.25) is 15.9 Å². The van der Waals surface area contributed by atoms with Crippen LogP contribution >= 0.6 is 0 Å². The summed E-state index contributed by atoms with van der Waals surface area (Å²) in [6.45, 7) is 3.68. The van der Waals surface area contributed by atoms with E-state index in [4.69, 9.17) is 4.74 Å². The fourth-order valence-corrected chi connectivity index (χ4v) is 7.92. The molecule has 2 fully saturated rings. The molecule has 0 radical (unpaired) electrons. The summed E-state index contributed by atoms with van der Waals surface area (Å²) in [5, 5.41) is 3.06. The first kappa shape index (κ1) is 29.8. The van der Waals surface area contributed by atoms with E-state index < -0.39 is 32.7 Å². The molecule has 41 heavy (non-hydrogen) atoms. The lowest BCUT2D eigenvalue weighted by Crippen LogP contribution is -2.40. The zero-order chi connectivity index (χ0) is 29.0. The van der Waals surface area contributed by atoms with Crippen molar-refractivity contribution in [3.8, 4) is 5.75 Å². The molecule has 1 N–H and O–H groups in total. The number of likely N-dealkylation sites (tertiary alicyclic amines) is 1. The lowest BCUT2D eigenvalue weighted by atomic mass is 9.98. The lowest BCUT2D eigenvalue weighted by Gasteiger charge is -2.29. The minimum Gasteiger partial charge on any atom is -0.493 e. The molecule has 0 bridgehead atoms. The van der Waals surface area contributed by atoms with Gasteiger partial charge < -0.3 is 10.1 Å². The van der Waals surface area contributed by atoms with E-state index in [1.54, 1.807) is 0 Å². The summed E-state index contributed by atoms with van der Waals surface area (Å²) in [6, 6.07) is 9.06. The molecule has 2 aromatic rings. The zero-order valence-electron chi connectivity index (χ0n) is 23.2. The normalized spacial score (nSPS) is 22.8. The zero-order valence-corrected chi connectivity index (χ0v) is 24.0. The number of hydrogen-bond acceptors (Lipinski definition) is 5. The van der Waals surface area contributed by atoms with Crippen LogP contribution in [-0.2, 0) is 27.5 Å². The molecule has 2 atom stereocenters. The molecule has 2 saturated heterocycles. The molecule has 11 heteroatoms. The SMILES string of the molecule is O=C(CC1CCCN1S(=O)(=O)c1cccc(C(F)(F)F)c1)NC1CCOc2cc(CN3CCCCCCC3)ccc21. The highest BCUT2D eigenvalue weighted by molar-refractivity contribution is 7.89. The van der Waals surface area contributed by atoms with Gasteiger partial charge in [-0.05, 0) is 68.6 Å². The van der Waals surface area contributed by atoms with Gasteiger partial charge in [0, 0.05) is 37.5 Å². The number of nitrogens with one attached hydrogen (secondary N) is 1. The molecule has 0 aliphatic carbocycles. The van der Waals surface area contributed by atoms with E-state index in [-0.39, 0.29) is 24.9 Å². The predicted molar refractivity (Wildman–Crippen MR) is 149 cm³/mol. The molecular weight excluding hydrogens is 555 g/mol. The van der Waals surface area contributed by atoms with Crippen LogP contribution in [0, 0.1) is 0 Å². The summed E-state index contributed by atoms with van der Waals surface area (Å²) >= 11 is 0. The highest BCUT2D eigenvalue weighted by Gasteiger charge is 2.38. The van der Waals surface area contributed by atoms with Gasteiger partial charge in [-0.1, -0.05) is 37.5 Å². The monoisotopic (exact) mass is 593 g/mol. The number of amides is 1. The second kappa shape index (κ2) is 12.7. The number of sulfonamides is 1. The van der Waals surface area contributed by atoms with Crippen LogP contribution in [-0.4, -0.2) is 55.8 Å². The van der Waals surface area contributed by atoms with Gasteiger partial charge in [0.15, 0.2) is 0 Å². The van der Waals surface area contributed by atoms with Crippen LogP contribution < -0.4 is 10.1 Å². The topological polar surface area (TPSA) is 79.0 Å². The van der Waals surface area contributed by atoms with Crippen molar-refractivity contribution in [1.82, 2.24) is 14.5 Å². The number of ether oxygens (including phenoxy) is 1. The van der Waals surface area contributed by atoms with Crippen molar-refractivity contribution in [2.75, 3.05) is 26.2 Å². The summed E-state index contributed by atoms with van der Waals surface area (Å²) in [6.07, 6.45) is 3.21. The third kappa shape index (κ3) is 7.24. The highest BCUT2D eigenvalue weighted by atomic mass is 32.2. The average molecular weight is 594 g/mol. The molecule has 2 unspecified atom stereocenters. The summed E-state index contributed by atoms with van der Waals surface area (Å²) in [5.41, 5.74) is 1.06. The third-order valence-electron chi connectivity index (χ3n) is 8.32. The fraction of sp³-hybridized carbons (Fsp3) is 0.567. The van der Waals surface area contributed by atoms with Gasteiger partial charge in [-0.25, -0.2) is 8.42 Å². The van der Waals surface area contributed by atoms with E-state index in [1.807, 2.05) is 6.07 Å². The second-order valence-electron chi connectivity index (χ2n) is 11.3. The van der Waals surface area contributed by atoms with Crippen LogP contribution in [0.1, 0.15) is 80.5 Å². The van der Waals surface area contributed by atoms with Crippen LogP contribution in [0.25, 0.3) is 0 Å². The van der Waals surface area contributed by atoms with Crippen LogP contribution in [0.3, 0.4) is 0 Å². The minimum atomic E-state index is -4.65. The van der Waals surface area contributed by atoms with Crippen molar-refractivity contribution in [3.05, 3.63) is 59.2 Å². The summed E-state index contributed by atoms with van der Waals surface area (Å²) in [4.78, 5) is 15.2. The Kier molecular flexibility index (Phi) is 9.25. The van der Waals surface area contributed by atoms with Crippen molar-refractivity contribution in [3.63, 3.8) is 0 Å². The summed E-state index contributed by atoms with van der Waals surface area (Å²) in [7, 11) is -4.19. The number of carbonyl (C=O) groups excluding carboxylic acids is 1. The van der Waals surface area contributed by atoms with E-state index in [9.17, 15) is 26.4 Å². The van der Waals surface area contributed by atoms with Crippen molar-refractivity contribution in [2.45, 2.75) is 87.5 Å². The van der Waals surface area contributed by atoms with Crippen LogP contribution in [0.4, 0.5) is 13.2 Å². The second-order valence-corrected chi connectivity index (χ2v) is 13.2. The Balaban J connectivity index is 1.23. The summed E-state index contributed by atoms with van der Waals surface area (Å²) < 4.78 is 73.3. The van der Waals surface area contributed by atoms with E-state index in [1.165, 1.54) is 48.0 Å². The largest absolute Gasteiger partial charge is 0.493 e. The first-order valence-corrected chi connectivity index (χ1v) is 16.0. The van der Waals surface area contributed by atoms with Gasteiger partial charge >= 0.3 is 6.18 Å². The van der Waals surface area contributed by atoms with Crippen molar-refractivity contribution in [1.29, 1.82) is 0 Å². The van der Waals surface area contributed by atoms with Gasteiger partial charge in [0.05, 0.1) is 23.1 Å². The molecule has 5 rings (SSSR count). The Bertz CT molecular complexity index is 1330. The van der Waals surface area contributed by atoms with Crippen molar-refractivity contribution < 1.29 is 31.1 Å².